The van der Waals surface area contributed by atoms with Gasteiger partial charge in [0, 0.05) is 21.8 Å². The molecule has 10 heteroatoms. The van der Waals surface area contributed by atoms with Crippen LogP contribution in [0.15, 0.2) is 108 Å². The molecule has 4 N–H and O–H groups in total. The van der Waals surface area contributed by atoms with E-state index in [-0.39, 0.29) is 22.2 Å². The van der Waals surface area contributed by atoms with Gasteiger partial charge in [0.2, 0.25) is 5.91 Å². The molecule has 0 saturated carbocycles. The number of halogens is 1. The SMILES string of the molecule is CC(Sc1cccc(NC(=O)/C(=C\c2ccc(C(C)C)cc2)NC(=O)c2ccccc2)c1)C(=O)Nc1ccc(Cl)c(C(=O)O)c1. The molecule has 4 rings (SSSR count). The third kappa shape index (κ3) is 9.31. The van der Waals surface area contributed by atoms with Gasteiger partial charge in [0.05, 0.1) is 15.8 Å². The lowest BCUT2D eigenvalue weighted by Gasteiger charge is -2.14. The molecule has 230 valence electrons. The van der Waals surface area contributed by atoms with Crippen molar-refractivity contribution >= 4 is 64.5 Å². The third-order valence-corrected chi connectivity index (χ3v) is 8.10. The molecule has 0 bridgehead atoms. The van der Waals surface area contributed by atoms with Crippen LogP contribution in [-0.2, 0) is 9.59 Å². The van der Waals surface area contributed by atoms with Crippen LogP contribution < -0.4 is 16.0 Å². The zero-order valence-corrected chi connectivity index (χ0v) is 26.4. The molecule has 1 unspecified atom stereocenters. The monoisotopic (exact) mass is 641 g/mol. The van der Waals surface area contributed by atoms with E-state index in [2.05, 4.69) is 29.8 Å². The number of carboxylic acid groups (broad SMARTS) is 1. The number of thioether (sulfide) groups is 1. The van der Waals surface area contributed by atoms with Crippen LogP contribution in [0.3, 0.4) is 0 Å². The highest BCUT2D eigenvalue weighted by Gasteiger charge is 2.18. The summed E-state index contributed by atoms with van der Waals surface area (Å²) in [4.78, 5) is 51.4. The Hall–Kier alpha value is -4.86. The molecule has 0 aliphatic carbocycles. The molecule has 0 radical (unpaired) electrons. The molecular formula is C35H32ClN3O5S. The summed E-state index contributed by atoms with van der Waals surface area (Å²) in [5, 5.41) is 17.1. The fourth-order valence-corrected chi connectivity index (χ4v) is 5.32. The average molecular weight is 642 g/mol. The van der Waals surface area contributed by atoms with Crippen molar-refractivity contribution in [1.82, 2.24) is 5.32 Å². The number of carbonyl (C=O) groups excluding carboxylic acids is 3. The lowest BCUT2D eigenvalue weighted by Crippen LogP contribution is -2.30. The molecule has 0 aliphatic rings. The Morgan fingerprint density at radius 1 is 0.800 bits per heavy atom. The van der Waals surface area contributed by atoms with E-state index in [0.29, 0.717) is 27.8 Å². The molecule has 8 nitrogen and oxygen atoms in total. The molecule has 4 aromatic rings. The Balaban J connectivity index is 1.48. The van der Waals surface area contributed by atoms with Crippen LogP contribution in [-0.4, -0.2) is 34.0 Å². The first-order chi connectivity index (χ1) is 21.5. The Morgan fingerprint density at radius 2 is 1.49 bits per heavy atom. The van der Waals surface area contributed by atoms with Crippen molar-refractivity contribution in [3.8, 4) is 0 Å². The minimum atomic E-state index is -1.20. The van der Waals surface area contributed by atoms with Crippen LogP contribution in [0.5, 0.6) is 0 Å². The lowest BCUT2D eigenvalue weighted by molar-refractivity contribution is -0.115. The molecule has 0 fully saturated rings. The predicted octanol–water partition coefficient (Wildman–Crippen LogP) is 7.69. The van der Waals surface area contributed by atoms with E-state index in [1.807, 2.05) is 24.3 Å². The lowest BCUT2D eigenvalue weighted by atomic mass is 10.0. The first kappa shape index (κ1) is 33.0. The van der Waals surface area contributed by atoms with Gasteiger partial charge in [-0.05, 0) is 78.6 Å². The zero-order chi connectivity index (χ0) is 32.5. The maximum atomic E-state index is 13.5. The minimum Gasteiger partial charge on any atom is -0.478 e. The highest BCUT2D eigenvalue weighted by molar-refractivity contribution is 8.00. The highest BCUT2D eigenvalue weighted by Crippen LogP contribution is 2.28. The second kappa shape index (κ2) is 15.2. The number of nitrogens with one attached hydrogen (secondary N) is 3. The molecule has 45 heavy (non-hydrogen) atoms. The summed E-state index contributed by atoms with van der Waals surface area (Å²) in [5.41, 5.74) is 3.05. The Labute approximate surface area is 270 Å². The maximum Gasteiger partial charge on any atom is 0.337 e. The van der Waals surface area contributed by atoms with Crippen LogP contribution in [0.4, 0.5) is 11.4 Å². The number of benzene rings is 4. The van der Waals surface area contributed by atoms with Gasteiger partial charge < -0.3 is 21.1 Å². The Kier molecular flexibility index (Phi) is 11.2. The number of carbonyl (C=O) groups is 4. The fraction of sp³-hybridized carbons (Fsp3) is 0.143. The van der Waals surface area contributed by atoms with E-state index >= 15 is 0 Å². The van der Waals surface area contributed by atoms with Crippen LogP contribution in [0, 0.1) is 0 Å². The number of rotatable bonds is 11. The van der Waals surface area contributed by atoms with Gasteiger partial charge in [0.15, 0.2) is 0 Å². The second-order valence-electron chi connectivity index (χ2n) is 10.4. The number of amides is 3. The largest absolute Gasteiger partial charge is 0.478 e. The molecule has 0 saturated heterocycles. The summed E-state index contributed by atoms with van der Waals surface area (Å²) in [7, 11) is 0. The van der Waals surface area contributed by atoms with Crippen molar-refractivity contribution in [1.29, 1.82) is 0 Å². The second-order valence-corrected chi connectivity index (χ2v) is 12.3. The molecule has 0 aromatic heterocycles. The van der Waals surface area contributed by atoms with Crippen LogP contribution in [0.25, 0.3) is 6.08 Å². The van der Waals surface area contributed by atoms with Crippen molar-refractivity contribution in [2.24, 2.45) is 0 Å². The summed E-state index contributed by atoms with van der Waals surface area (Å²) in [6.45, 7) is 5.91. The number of hydrogen-bond donors (Lipinski definition) is 4. The Morgan fingerprint density at radius 3 is 2.16 bits per heavy atom. The van der Waals surface area contributed by atoms with E-state index in [9.17, 15) is 24.3 Å². The van der Waals surface area contributed by atoms with Crippen LogP contribution in [0.1, 0.15) is 58.5 Å². The molecule has 0 aliphatic heterocycles. The van der Waals surface area contributed by atoms with Gasteiger partial charge in [0.25, 0.3) is 11.8 Å². The van der Waals surface area contributed by atoms with Gasteiger partial charge in [0.1, 0.15) is 5.70 Å². The topological polar surface area (TPSA) is 125 Å². The molecule has 3 amide bonds. The van der Waals surface area contributed by atoms with Gasteiger partial charge in [-0.2, -0.15) is 0 Å². The van der Waals surface area contributed by atoms with Crippen LogP contribution in [0.2, 0.25) is 5.02 Å². The van der Waals surface area contributed by atoms with Crippen LogP contribution >= 0.6 is 23.4 Å². The Bertz CT molecular complexity index is 1740. The summed E-state index contributed by atoms with van der Waals surface area (Å²) in [5.74, 6) is -2.12. The van der Waals surface area contributed by atoms with E-state index in [4.69, 9.17) is 11.6 Å². The highest BCUT2D eigenvalue weighted by atomic mass is 35.5. The average Bonchev–Trinajstić information content (AvgIpc) is 3.02. The maximum absolute atomic E-state index is 13.5. The molecule has 4 aromatic carbocycles. The quantitative estimate of drug-likeness (QED) is 0.0983. The van der Waals surface area contributed by atoms with E-state index in [1.165, 1.54) is 30.0 Å². The molecule has 0 heterocycles. The van der Waals surface area contributed by atoms with E-state index in [0.717, 1.165) is 11.1 Å². The summed E-state index contributed by atoms with van der Waals surface area (Å²) >= 11 is 7.18. The minimum absolute atomic E-state index is 0.0654. The van der Waals surface area contributed by atoms with Crippen molar-refractivity contribution in [3.63, 3.8) is 0 Å². The molecular weight excluding hydrogens is 610 g/mol. The standard InChI is InChI=1S/C35H32ClN3O5S/c1-21(2)24-14-12-23(13-15-24)18-31(39-33(41)25-8-5-4-6-9-25)34(42)38-26-10-7-11-28(19-26)45-22(3)32(40)37-27-16-17-30(36)29(20-27)35(43)44/h4-22H,1-3H3,(H,37,40)(H,38,42)(H,39,41)(H,43,44)/b31-18+. The van der Waals surface area contributed by atoms with Gasteiger partial charge in [-0.1, -0.05) is 74.0 Å². The van der Waals surface area contributed by atoms with Crippen molar-refractivity contribution < 1.29 is 24.3 Å². The molecule has 0 spiro atoms. The fourth-order valence-electron chi connectivity index (χ4n) is 4.20. The third-order valence-electron chi connectivity index (χ3n) is 6.68. The smallest absolute Gasteiger partial charge is 0.337 e. The van der Waals surface area contributed by atoms with E-state index in [1.54, 1.807) is 67.6 Å². The number of anilines is 2. The van der Waals surface area contributed by atoms with Gasteiger partial charge in [-0.3, -0.25) is 14.4 Å². The van der Waals surface area contributed by atoms with Crippen molar-refractivity contribution in [3.05, 3.63) is 130 Å². The molecule has 1 atom stereocenters. The summed E-state index contributed by atoms with van der Waals surface area (Å²) in [6.07, 6.45) is 1.62. The van der Waals surface area contributed by atoms with Crippen molar-refractivity contribution in [2.75, 3.05) is 10.6 Å². The zero-order valence-electron chi connectivity index (χ0n) is 24.8. The van der Waals surface area contributed by atoms with Gasteiger partial charge in [-0.25, -0.2) is 4.79 Å². The summed E-state index contributed by atoms with van der Waals surface area (Å²) in [6, 6.07) is 27.6. The summed E-state index contributed by atoms with van der Waals surface area (Å²) < 4.78 is 0. The number of aromatic carboxylic acids is 1. The normalized spacial score (nSPS) is 11.9. The van der Waals surface area contributed by atoms with E-state index < -0.39 is 23.0 Å². The van der Waals surface area contributed by atoms with Gasteiger partial charge in [-0.15, -0.1) is 11.8 Å². The number of hydrogen-bond acceptors (Lipinski definition) is 5. The van der Waals surface area contributed by atoms with Gasteiger partial charge >= 0.3 is 5.97 Å². The van der Waals surface area contributed by atoms with Crippen molar-refractivity contribution in [2.45, 2.75) is 36.8 Å². The first-order valence-electron chi connectivity index (χ1n) is 14.1. The first-order valence-corrected chi connectivity index (χ1v) is 15.4. The predicted molar refractivity (Wildman–Crippen MR) is 180 cm³/mol. The number of carboxylic acids is 1.